The van der Waals surface area contributed by atoms with Crippen LogP contribution in [0.3, 0.4) is 0 Å². The molecule has 5 heterocycles. The van der Waals surface area contributed by atoms with Crippen LogP contribution in [0.25, 0.3) is 5.52 Å². The number of hydrogen-bond acceptors (Lipinski definition) is 7. The summed E-state index contributed by atoms with van der Waals surface area (Å²) >= 11 is 0. The average Bonchev–Trinajstić information content (AvgIpc) is 3.27. The Kier molecular flexibility index (Phi) is 4.52. The highest BCUT2D eigenvalue weighted by molar-refractivity contribution is 5.86. The van der Waals surface area contributed by atoms with Crippen molar-refractivity contribution in [2.75, 3.05) is 29.9 Å². The van der Waals surface area contributed by atoms with Crippen molar-refractivity contribution in [3.05, 3.63) is 30.1 Å². The molecule has 2 atom stereocenters. The smallest absolute Gasteiger partial charge is 0.246 e. The molecule has 31 heavy (non-hydrogen) atoms. The summed E-state index contributed by atoms with van der Waals surface area (Å²) in [6, 6.07) is 5.94. The highest BCUT2D eigenvalue weighted by Gasteiger charge is 2.34. The van der Waals surface area contributed by atoms with Gasteiger partial charge in [0.15, 0.2) is 11.6 Å². The van der Waals surface area contributed by atoms with E-state index in [0.717, 1.165) is 50.2 Å². The normalized spacial score (nSPS) is 23.5. The second-order valence-electron chi connectivity index (χ2n) is 8.76. The summed E-state index contributed by atoms with van der Waals surface area (Å²) in [5.41, 5.74) is 2.04. The van der Waals surface area contributed by atoms with Crippen molar-refractivity contribution in [1.29, 1.82) is 0 Å². The molecule has 3 aliphatic rings. The number of aromatic amines is 1. The minimum atomic E-state index is -0.242. The van der Waals surface area contributed by atoms with Gasteiger partial charge in [0.05, 0.1) is 0 Å². The Morgan fingerprint density at radius 1 is 1.23 bits per heavy atom. The maximum Gasteiger partial charge on any atom is 0.246 e. The molecule has 1 aliphatic carbocycles. The van der Waals surface area contributed by atoms with Gasteiger partial charge in [-0.1, -0.05) is 0 Å². The Hall–Kier alpha value is -3.14. The molecule has 0 spiro atoms. The van der Waals surface area contributed by atoms with Crippen LogP contribution < -0.4 is 20.9 Å². The Morgan fingerprint density at radius 3 is 3.00 bits per heavy atom. The van der Waals surface area contributed by atoms with Gasteiger partial charge in [0, 0.05) is 43.0 Å². The van der Waals surface area contributed by atoms with Crippen LogP contribution in [0.2, 0.25) is 0 Å². The zero-order chi connectivity index (χ0) is 20.8. The average molecular weight is 422 g/mol. The van der Waals surface area contributed by atoms with E-state index in [1.165, 1.54) is 18.5 Å². The number of fused-ring (bicyclic) bond motifs is 1. The molecule has 0 aromatic carbocycles. The van der Waals surface area contributed by atoms with Crippen LogP contribution in [-0.4, -0.2) is 62.4 Å². The van der Waals surface area contributed by atoms with E-state index in [0.29, 0.717) is 17.7 Å². The number of hydrogen-bond donors (Lipinski definition) is 4. The minimum absolute atomic E-state index is 0.0679. The van der Waals surface area contributed by atoms with Crippen molar-refractivity contribution in [2.24, 2.45) is 0 Å². The lowest BCUT2D eigenvalue weighted by molar-refractivity contribution is -0.122. The molecular formula is C21H27N9O. The Morgan fingerprint density at radius 2 is 2.16 bits per heavy atom. The summed E-state index contributed by atoms with van der Waals surface area (Å²) in [7, 11) is 0. The second-order valence-corrected chi connectivity index (χ2v) is 8.76. The van der Waals surface area contributed by atoms with Gasteiger partial charge in [0.1, 0.15) is 11.6 Å². The maximum atomic E-state index is 13.0. The third-order valence-electron chi connectivity index (χ3n) is 6.46. The van der Waals surface area contributed by atoms with Gasteiger partial charge in [-0.3, -0.25) is 9.89 Å². The van der Waals surface area contributed by atoms with Crippen LogP contribution in [0.15, 0.2) is 24.4 Å². The molecule has 2 aliphatic heterocycles. The van der Waals surface area contributed by atoms with Gasteiger partial charge in [0.2, 0.25) is 11.9 Å². The summed E-state index contributed by atoms with van der Waals surface area (Å²) < 4.78 is 1.81. The lowest BCUT2D eigenvalue weighted by atomic mass is 10.2. The van der Waals surface area contributed by atoms with Gasteiger partial charge in [-0.25, -0.2) is 4.52 Å². The van der Waals surface area contributed by atoms with Crippen LogP contribution in [0.4, 0.5) is 17.6 Å². The maximum absolute atomic E-state index is 13.0. The summed E-state index contributed by atoms with van der Waals surface area (Å²) in [6.07, 6.45) is 7.08. The Labute approximate surface area is 179 Å². The first-order valence-corrected chi connectivity index (χ1v) is 11.2. The molecular weight excluding hydrogens is 394 g/mol. The topological polar surface area (TPSA) is 115 Å². The van der Waals surface area contributed by atoms with Gasteiger partial charge in [-0.05, 0) is 50.8 Å². The number of rotatable bonds is 6. The lowest BCUT2D eigenvalue weighted by Crippen LogP contribution is -2.48. The van der Waals surface area contributed by atoms with E-state index < -0.39 is 0 Å². The molecule has 0 unspecified atom stereocenters. The summed E-state index contributed by atoms with van der Waals surface area (Å²) in [6.45, 7) is 2.56. The molecule has 1 amide bonds. The van der Waals surface area contributed by atoms with Crippen molar-refractivity contribution in [2.45, 2.75) is 50.1 Å². The first kappa shape index (κ1) is 18.6. The minimum Gasteiger partial charge on any atom is -0.350 e. The molecule has 6 rings (SSSR count). The van der Waals surface area contributed by atoms with E-state index in [2.05, 4.69) is 32.2 Å². The van der Waals surface area contributed by atoms with Crippen molar-refractivity contribution in [1.82, 2.24) is 35.4 Å². The number of nitrogens with one attached hydrogen (secondary N) is 4. The fourth-order valence-electron chi connectivity index (χ4n) is 4.62. The first-order valence-electron chi connectivity index (χ1n) is 11.2. The Bertz CT molecular complexity index is 1100. The molecule has 0 bridgehead atoms. The van der Waals surface area contributed by atoms with Gasteiger partial charge in [-0.2, -0.15) is 10.1 Å². The van der Waals surface area contributed by atoms with Crippen molar-refractivity contribution in [3.8, 4) is 0 Å². The molecule has 162 valence electrons. The van der Waals surface area contributed by atoms with Crippen LogP contribution >= 0.6 is 0 Å². The molecule has 0 radical (unpaired) electrons. The largest absolute Gasteiger partial charge is 0.350 e. The number of nitrogens with zero attached hydrogens (tertiary/aromatic N) is 5. The number of H-pyrrole nitrogens is 1. The van der Waals surface area contributed by atoms with Gasteiger partial charge in [0.25, 0.3) is 0 Å². The number of carbonyl (C=O) groups is 1. The summed E-state index contributed by atoms with van der Waals surface area (Å²) in [4.78, 5) is 19.8. The Balaban J connectivity index is 1.27. The SMILES string of the molecule is O=C(N[C@@H]1CCNC1)[C@@H]1CCCN1c1nc(Nc2cc(C3CC3)[nH]n2)c2cccn2n1. The van der Waals surface area contributed by atoms with E-state index in [4.69, 9.17) is 10.1 Å². The quantitative estimate of drug-likeness (QED) is 0.477. The van der Waals surface area contributed by atoms with Crippen LogP contribution in [-0.2, 0) is 4.79 Å². The lowest BCUT2D eigenvalue weighted by Gasteiger charge is -2.25. The van der Waals surface area contributed by atoms with Crippen LogP contribution in [0.5, 0.6) is 0 Å². The standard InChI is InChI=1S/C21H27N9O/c31-20(23-14-7-8-22-12-14)17-4-1-9-29(17)21-25-19(16-3-2-10-30(16)28-21)24-18-11-15(26-27-18)13-5-6-13/h2-3,10-11,13-14,17,22H,1,4-9,12H2,(H,23,31)(H2,24,25,26,27,28)/t14-,17+/m1/s1. The summed E-state index contributed by atoms with van der Waals surface area (Å²) in [5, 5.41) is 22.1. The van der Waals surface area contributed by atoms with Crippen molar-refractivity contribution in [3.63, 3.8) is 0 Å². The molecule has 10 heteroatoms. The molecule has 10 nitrogen and oxygen atoms in total. The van der Waals surface area contributed by atoms with Crippen LogP contribution in [0, 0.1) is 0 Å². The zero-order valence-corrected chi connectivity index (χ0v) is 17.3. The van der Waals surface area contributed by atoms with E-state index in [1.807, 2.05) is 27.7 Å². The number of anilines is 3. The third-order valence-corrected chi connectivity index (χ3v) is 6.46. The van der Waals surface area contributed by atoms with E-state index in [-0.39, 0.29) is 18.0 Å². The molecule has 3 aromatic rings. The van der Waals surface area contributed by atoms with Gasteiger partial charge >= 0.3 is 0 Å². The predicted molar refractivity (Wildman–Crippen MR) is 117 cm³/mol. The third kappa shape index (κ3) is 3.60. The number of amides is 1. The van der Waals surface area contributed by atoms with Crippen molar-refractivity contribution >= 4 is 29.0 Å². The molecule has 3 aromatic heterocycles. The van der Waals surface area contributed by atoms with E-state index >= 15 is 0 Å². The van der Waals surface area contributed by atoms with Gasteiger partial charge in [-0.15, -0.1) is 5.10 Å². The fourth-order valence-corrected chi connectivity index (χ4v) is 4.62. The monoisotopic (exact) mass is 421 g/mol. The zero-order valence-electron chi connectivity index (χ0n) is 17.3. The second kappa shape index (κ2) is 7.52. The fraction of sp³-hybridized carbons (Fsp3) is 0.524. The number of carbonyl (C=O) groups excluding carboxylic acids is 1. The van der Waals surface area contributed by atoms with Crippen molar-refractivity contribution < 1.29 is 4.79 Å². The van der Waals surface area contributed by atoms with E-state index in [9.17, 15) is 4.79 Å². The molecule has 2 saturated heterocycles. The number of aromatic nitrogens is 5. The van der Waals surface area contributed by atoms with E-state index in [1.54, 1.807) is 0 Å². The highest BCUT2D eigenvalue weighted by atomic mass is 16.2. The predicted octanol–water partition coefficient (Wildman–Crippen LogP) is 1.52. The molecule has 4 N–H and O–H groups in total. The molecule has 3 fully saturated rings. The van der Waals surface area contributed by atoms with Gasteiger partial charge < -0.3 is 20.9 Å². The first-order chi connectivity index (χ1) is 15.2. The molecule has 1 saturated carbocycles. The van der Waals surface area contributed by atoms with Crippen LogP contribution in [0.1, 0.15) is 43.7 Å². The summed E-state index contributed by atoms with van der Waals surface area (Å²) in [5.74, 6) is 2.68. The highest BCUT2D eigenvalue weighted by Crippen LogP contribution is 2.39.